The Hall–Kier alpha value is -3.17. The number of nitrogens with zero attached hydrogens (tertiary/aromatic N) is 4. The average Bonchev–Trinajstić information content (AvgIpc) is 3.34. The summed E-state index contributed by atoms with van der Waals surface area (Å²) in [5, 5.41) is 0. The highest BCUT2D eigenvalue weighted by Crippen LogP contribution is 2.35. The fourth-order valence-corrected chi connectivity index (χ4v) is 3.94. The van der Waals surface area contributed by atoms with E-state index in [9.17, 15) is 22.8 Å². The SMILES string of the molecule is CCOC(=O)c1cnc(N2C[C@H]3C[C@@H]2CN3C(=O)c2cccc(C(F)(F)F)c2)nc1. The molecular formula is C20H19F3N4O3. The van der Waals surface area contributed by atoms with Gasteiger partial charge < -0.3 is 14.5 Å². The standard InChI is InChI=1S/C20H19F3N4O3/c1-2-30-18(29)13-8-24-19(25-9-13)27-11-15-7-16(27)10-26(15)17(28)12-4-3-5-14(6-12)20(21,22)23/h3-6,8-9,15-16H,2,7,10-11H2,1H3/t15-,16-/m1/s1. The lowest BCUT2D eigenvalue weighted by Crippen LogP contribution is -2.49. The monoisotopic (exact) mass is 420 g/mol. The number of rotatable bonds is 4. The van der Waals surface area contributed by atoms with Crippen LogP contribution in [0.1, 0.15) is 39.6 Å². The summed E-state index contributed by atoms with van der Waals surface area (Å²) in [4.78, 5) is 36.5. The second kappa shape index (κ2) is 7.58. The van der Waals surface area contributed by atoms with Gasteiger partial charge in [0.15, 0.2) is 0 Å². The van der Waals surface area contributed by atoms with Gasteiger partial charge in [0, 0.05) is 31.0 Å². The molecule has 1 aromatic heterocycles. The van der Waals surface area contributed by atoms with Crippen LogP contribution in [0.5, 0.6) is 0 Å². The number of alkyl halides is 3. The lowest BCUT2D eigenvalue weighted by molar-refractivity contribution is -0.137. The number of anilines is 1. The molecule has 2 aliphatic rings. The van der Waals surface area contributed by atoms with Crippen molar-refractivity contribution in [3.63, 3.8) is 0 Å². The topological polar surface area (TPSA) is 75.6 Å². The maximum Gasteiger partial charge on any atom is 0.416 e. The minimum absolute atomic E-state index is 0.0268. The fourth-order valence-electron chi connectivity index (χ4n) is 3.94. The highest BCUT2D eigenvalue weighted by molar-refractivity contribution is 5.95. The predicted molar refractivity (Wildman–Crippen MR) is 100 cm³/mol. The molecular weight excluding hydrogens is 401 g/mol. The van der Waals surface area contributed by atoms with Crippen LogP contribution in [0.25, 0.3) is 0 Å². The lowest BCUT2D eigenvalue weighted by atomic mass is 10.1. The van der Waals surface area contributed by atoms with Crippen molar-refractivity contribution in [1.82, 2.24) is 14.9 Å². The van der Waals surface area contributed by atoms with E-state index in [-0.39, 0.29) is 29.8 Å². The summed E-state index contributed by atoms with van der Waals surface area (Å²) in [6, 6.07) is 4.33. The van der Waals surface area contributed by atoms with E-state index in [0.717, 1.165) is 12.1 Å². The predicted octanol–water partition coefficient (Wildman–Crippen LogP) is 2.78. The Morgan fingerprint density at radius 1 is 1.13 bits per heavy atom. The number of benzene rings is 1. The molecule has 4 rings (SSSR count). The zero-order valence-electron chi connectivity index (χ0n) is 16.1. The molecule has 10 heteroatoms. The van der Waals surface area contributed by atoms with E-state index in [0.29, 0.717) is 25.5 Å². The van der Waals surface area contributed by atoms with Crippen molar-refractivity contribution in [2.24, 2.45) is 0 Å². The van der Waals surface area contributed by atoms with Crippen LogP contribution in [-0.2, 0) is 10.9 Å². The van der Waals surface area contributed by atoms with E-state index in [1.807, 2.05) is 4.90 Å². The first-order chi connectivity index (χ1) is 14.3. The Kier molecular flexibility index (Phi) is 5.08. The van der Waals surface area contributed by atoms with E-state index in [1.165, 1.54) is 24.5 Å². The number of carbonyl (C=O) groups is 2. The molecule has 7 nitrogen and oxygen atoms in total. The van der Waals surface area contributed by atoms with Crippen molar-refractivity contribution >= 4 is 17.8 Å². The first-order valence-corrected chi connectivity index (χ1v) is 9.52. The number of hydrogen-bond donors (Lipinski definition) is 0. The molecule has 158 valence electrons. The number of ether oxygens (including phenoxy) is 1. The Morgan fingerprint density at radius 3 is 2.47 bits per heavy atom. The van der Waals surface area contributed by atoms with Gasteiger partial charge in [-0.25, -0.2) is 14.8 Å². The maximum absolute atomic E-state index is 12.9. The number of aromatic nitrogens is 2. The third-order valence-electron chi connectivity index (χ3n) is 5.34. The smallest absolute Gasteiger partial charge is 0.416 e. The van der Waals surface area contributed by atoms with Gasteiger partial charge in [-0.1, -0.05) is 6.07 Å². The van der Waals surface area contributed by atoms with Crippen molar-refractivity contribution in [3.8, 4) is 0 Å². The van der Waals surface area contributed by atoms with Gasteiger partial charge in [0.1, 0.15) is 0 Å². The van der Waals surface area contributed by atoms with E-state index < -0.39 is 23.6 Å². The zero-order chi connectivity index (χ0) is 21.5. The molecule has 1 aromatic carbocycles. The lowest BCUT2D eigenvalue weighted by Gasteiger charge is -2.34. The molecule has 30 heavy (non-hydrogen) atoms. The maximum atomic E-state index is 12.9. The second-order valence-corrected chi connectivity index (χ2v) is 7.22. The summed E-state index contributed by atoms with van der Waals surface area (Å²) in [7, 11) is 0. The number of esters is 1. The normalized spacial score (nSPS) is 20.5. The summed E-state index contributed by atoms with van der Waals surface area (Å²) in [5.41, 5.74) is -0.556. The molecule has 3 heterocycles. The number of carbonyl (C=O) groups excluding carboxylic acids is 2. The molecule has 2 fully saturated rings. The number of halogens is 3. The third kappa shape index (κ3) is 3.69. The van der Waals surface area contributed by atoms with Crippen molar-refractivity contribution in [1.29, 1.82) is 0 Å². The number of piperazine rings is 1. The Bertz CT molecular complexity index is 965. The molecule has 2 bridgehead atoms. The van der Waals surface area contributed by atoms with Gasteiger partial charge in [0.05, 0.1) is 29.8 Å². The Balaban J connectivity index is 1.45. The molecule has 0 N–H and O–H groups in total. The van der Waals surface area contributed by atoms with Gasteiger partial charge in [-0.15, -0.1) is 0 Å². The van der Waals surface area contributed by atoms with Crippen LogP contribution >= 0.6 is 0 Å². The van der Waals surface area contributed by atoms with E-state index in [2.05, 4.69) is 9.97 Å². The largest absolute Gasteiger partial charge is 0.462 e. The summed E-state index contributed by atoms with van der Waals surface area (Å²) in [5.74, 6) is -0.460. The summed E-state index contributed by atoms with van der Waals surface area (Å²) < 4.78 is 43.7. The van der Waals surface area contributed by atoms with Gasteiger partial charge in [-0.05, 0) is 31.5 Å². The van der Waals surface area contributed by atoms with Crippen molar-refractivity contribution in [2.45, 2.75) is 31.6 Å². The average molecular weight is 420 g/mol. The molecule has 1 amide bonds. The Morgan fingerprint density at radius 2 is 1.87 bits per heavy atom. The van der Waals surface area contributed by atoms with E-state index in [1.54, 1.807) is 11.8 Å². The number of fused-ring (bicyclic) bond motifs is 2. The van der Waals surface area contributed by atoms with Crippen LogP contribution in [0, 0.1) is 0 Å². The molecule has 0 aliphatic carbocycles. The van der Waals surface area contributed by atoms with Gasteiger partial charge >= 0.3 is 12.1 Å². The third-order valence-corrected chi connectivity index (χ3v) is 5.34. The summed E-state index contributed by atoms with van der Waals surface area (Å²) in [6.45, 7) is 2.82. The van der Waals surface area contributed by atoms with Crippen molar-refractivity contribution in [3.05, 3.63) is 53.3 Å². The second-order valence-electron chi connectivity index (χ2n) is 7.22. The molecule has 0 unspecified atom stereocenters. The molecule has 2 atom stereocenters. The quantitative estimate of drug-likeness (QED) is 0.708. The molecule has 0 radical (unpaired) electrons. The molecule has 2 aliphatic heterocycles. The fraction of sp³-hybridized carbons (Fsp3) is 0.400. The number of hydrogen-bond acceptors (Lipinski definition) is 6. The van der Waals surface area contributed by atoms with Crippen LogP contribution in [0.15, 0.2) is 36.7 Å². The van der Waals surface area contributed by atoms with Gasteiger partial charge in [-0.3, -0.25) is 4.79 Å². The molecule has 2 saturated heterocycles. The van der Waals surface area contributed by atoms with Crippen LogP contribution < -0.4 is 4.90 Å². The highest BCUT2D eigenvalue weighted by Gasteiger charge is 2.46. The molecule has 0 spiro atoms. The van der Waals surface area contributed by atoms with Gasteiger partial charge in [0.25, 0.3) is 5.91 Å². The minimum atomic E-state index is -4.50. The highest BCUT2D eigenvalue weighted by atomic mass is 19.4. The van der Waals surface area contributed by atoms with Crippen LogP contribution in [0.4, 0.5) is 19.1 Å². The van der Waals surface area contributed by atoms with Crippen LogP contribution in [0.3, 0.4) is 0 Å². The molecule has 2 aromatic rings. The zero-order valence-corrected chi connectivity index (χ0v) is 16.1. The first-order valence-electron chi connectivity index (χ1n) is 9.52. The Labute approximate surface area is 170 Å². The van der Waals surface area contributed by atoms with Gasteiger partial charge in [-0.2, -0.15) is 13.2 Å². The number of amides is 1. The van der Waals surface area contributed by atoms with Crippen LogP contribution in [0.2, 0.25) is 0 Å². The van der Waals surface area contributed by atoms with Crippen LogP contribution in [-0.4, -0.2) is 58.5 Å². The summed E-state index contributed by atoms with van der Waals surface area (Å²) >= 11 is 0. The summed E-state index contributed by atoms with van der Waals surface area (Å²) in [6.07, 6.45) is -1.01. The minimum Gasteiger partial charge on any atom is -0.462 e. The first kappa shape index (κ1) is 20.1. The molecule has 0 saturated carbocycles. The van der Waals surface area contributed by atoms with Gasteiger partial charge in [0.2, 0.25) is 5.95 Å². The van der Waals surface area contributed by atoms with Crippen molar-refractivity contribution in [2.75, 3.05) is 24.6 Å². The van der Waals surface area contributed by atoms with E-state index in [4.69, 9.17) is 4.74 Å². The van der Waals surface area contributed by atoms with E-state index >= 15 is 0 Å². The van der Waals surface area contributed by atoms with Crippen molar-refractivity contribution < 1.29 is 27.5 Å². The number of likely N-dealkylation sites (tertiary alicyclic amines) is 1.